The van der Waals surface area contributed by atoms with E-state index in [1.165, 1.54) is 36.1 Å². The first kappa shape index (κ1) is 12.5. The highest BCUT2D eigenvalue weighted by molar-refractivity contribution is 5.27. The fourth-order valence-corrected chi connectivity index (χ4v) is 2.53. The maximum Gasteiger partial charge on any atom is 0.0435 e. The van der Waals surface area contributed by atoms with Crippen LogP contribution in [0.3, 0.4) is 0 Å². The van der Waals surface area contributed by atoms with Gasteiger partial charge in [-0.3, -0.25) is 4.98 Å². The summed E-state index contributed by atoms with van der Waals surface area (Å²) in [5.74, 6) is 0. The maximum atomic E-state index is 6.08. The van der Waals surface area contributed by atoms with Crippen molar-refractivity contribution in [2.75, 3.05) is 6.54 Å². The Hall–Kier alpha value is -0.930. The number of hydrogen-bond donors (Lipinski definition) is 2. The third-order valence-electron chi connectivity index (χ3n) is 3.50. The van der Waals surface area contributed by atoms with Gasteiger partial charge in [-0.1, -0.05) is 6.07 Å². The first-order chi connectivity index (χ1) is 8.29. The normalized spacial score (nSPS) is 16.6. The van der Waals surface area contributed by atoms with Gasteiger partial charge >= 0.3 is 0 Å². The van der Waals surface area contributed by atoms with E-state index >= 15 is 0 Å². The largest absolute Gasteiger partial charge is 0.330 e. The fraction of sp³-hybridized carbons (Fsp3) is 0.643. The average molecular weight is 233 g/mol. The summed E-state index contributed by atoms with van der Waals surface area (Å²) in [5, 5.41) is 0. The molecule has 4 N–H and O–H groups in total. The quantitative estimate of drug-likeness (QED) is 0.811. The van der Waals surface area contributed by atoms with Crippen LogP contribution in [0, 0.1) is 0 Å². The zero-order chi connectivity index (χ0) is 12.1. The molecule has 1 aliphatic rings. The van der Waals surface area contributed by atoms with Crippen LogP contribution in [0.25, 0.3) is 0 Å². The predicted octanol–water partition coefficient (Wildman–Crippen LogP) is 1.57. The molecule has 1 aliphatic carbocycles. The van der Waals surface area contributed by atoms with E-state index in [0.717, 1.165) is 32.2 Å². The number of pyridine rings is 1. The summed E-state index contributed by atoms with van der Waals surface area (Å²) in [6.07, 6.45) is 9.88. The van der Waals surface area contributed by atoms with E-state index in [1.807, 2.05) is 6.20 Å². The van der Waals surface area contributed by atoms with E-state index in [-0.39, 0.29) is 6.04 Å². The number of rotatable bonds is 5. The Kier molecular flexibility index (Phi) is 4.51. The van der Waals surface area contributed by atoms with Crippen molar-refractivity contribution < 1.29 is 0 Å². The van der Waals surface area contributed by atoms with Crippen LogP contribution in [0.2, 0.25) is 0 Å². The van der Waals surface area contributed by atoms with Gasteiger partial charge in [0, 0.05) is 17.9 Å². The molecule has 94 valence electrons. The van der Waals surface area contributed by atoms with Gasteiger partial charge < -0.3 is 11.5 Å². The van der Waals surface area contributed by atoms with Crippen LogP contribution in [-0.4, -0.2) is 17.6 Å². The second-order valence-electron chi connectivity index (χ2n) is 5.05. The van der Waals surface area contributed by atoms with E-state index < -0.39 is 0 Å². The van der Waals surface area contributed by atoms with Crippen molar-refractivity contribution in [2.45, 2.75) is 51.0 Å². The minimum atomic E-state index is 0.224. The average Bonchev–Trinajstić information content (AvgIpc) is 2.36. The SMILES string of the molecule is NCCCC(N)Cc1cnc2c(c1)CCCC2. The van der Waals surface area contributed by atoms with Gasteiger partial charge in [-0.15, -0.1) is 0 Å². The Morgan fingerprint density at radius 2 is 2.12 bits per heavy atom. The zero-order valence-electron chi connectivity index (χ0n) is 10.5. The lowest BCUT2D eigenvalue weighted by atomic mass is 9.93. The molecular formula is C14H23N3. The van der Waals surface area contributed by atoms with Crippen molar-refractivity contribution in [2.24, 2.45) is 11.5 Å². The van der Waals surface area contributed by atoms with Crippen molar-refractivity contribution in [1.82, 2.24) is 4.98 Å². The fourth-order valence-electron chi connectivity index (χ4n) is 2.53. The Balaban J connectivity index is 1.97. The van der Waals surface area contributed by atoms with Crippen LogP contribution in [0.5, 0.6) is 0 Å². The topological polar surface area (TPSA) is 64.9 Å². The number of hydrogen-bond acceptors (Lipinski definition) is 3. The van der Waals surface area contributed by atoms with Crippen LogP contribution >= 0.6 is 0 Å². The second-order valence-corrected chi connectivity index (χ2v) is 5.05. The Morgan fingerprint density at radius 3 is 2.94 bits per heavy atom. The number of fused-ring (bicyclic) bond motifs is 1. The molecule has 1 atom stereocenters. The Bertz CT molecular complexity index is 362. The van der Waals surface area contributed by atoms with E-state index in [4.69, 9.17) is 11.5 Å². The standard InChI is InChI=1S/C14H23N3/c15-7-3-5-13(16)9-11-8-12-4-1-2-6-14(12)17-10-11/h8,10,13H,1-7,9,15-16H2. The molecule has 0 amide bonds. The highest BCUT2D eigenvalue weighted by Crippen LogP contribution is 2.20. The lowest BCUT2D eigenvalue weighted by molar-refractivity contribution is 0.582. The summed E-state index contributed by atoms with van der Waals surface area (Å²) in [7, 11) is 0. The summed E-state index contributed by atoms with van der Waals surface area (Å²) < 4.78 is 0. The van der Waals surface area contributed by atoms with Crippen molar-refractivity contribution in [3.05, 3.63) is 29.1 Å². The number of aromatic nitrogens is 1. The lowest BCUT2D eigenvalue weighted by Gasteiger charge is -2.17. The monoisotopic (exact) mass is 233 g/mol. The molecule has 0 radical (unpaired) electrons. The third-order valence-corrected chi connectivity index (χ3v) is 3.50. The molecule has 17 heavy (non-hydrogen) atoms. The lowest BCUT2D eigenvalue weighted by Crippen LogP contribution is -2.24. The van der Waals surface area contributed by atoms with Gasteiger partial charge in [-0.2, -0.15) is 0 Å². The molecule has 0 bridgehead atoms. The molecule has 0 spiro atoms. The van der Waals surface area contributed by atoms with Gasteiger partial charge in [0.05, 0.1) is 0 Å². The second kappa shape index (κ2) is 6.12. The van der Waals surface area contributed by atoms with Crippen LogP contribution in [0.1, 0.15) is 42.5 Å². The first-order valence-corrected chi connectivity index (χ1v) is 6.72. The molecule has 3 nitrogen and oxygen atoms in total. The van der Waals surface area contributed by atoms with Gasteiger partial charge in [-0.05, 0) is 62.6 Å². The molecule has 2 rings (SSSR count). The molecule has 3 heteroatoms. The summed E-state index contributed by atoms with van der Waals surface area (Å²) >= 11 is 0. The predicted molar refractivity (Wildman–Crippen MR) is 70.8 cm³/mol. The van der Waals surface area contributed by atoms with E-state index in [0.29, 0.717) is 0 Å². The maximum absolute atomic E-state index is 6.08. The van der Waals surface area contributed by atoms with Gasteiger partial charge in [-0.25, -0.2) is 0 Å². The van der Waals surface area contributed by atoms with Gasteiger partial charge in [0.15, 0.2) is 0 Å². The first-order valence-electron chi connectivity index (χ1n) is 6.72. The van der Waals surface area contributed by atoms with E-state index in [1.54, 1.807) is 0 Å². The highest BCUT2D eigenvalue weighted by atomic mass is 14.7. The molecule has 0 fully saturated rings. The van der Waals surface area contributed by atoms with Crippen LogP contribution < -0.4 is 11.5 Å². The molecular weight excluding hydrogens is 210 g/mol. The summed E-state index contributed by atoms with van der Waals surface area (Å²) in [6, 6.07) is 2.53. The summed E-state index contributed by atoms with van der Waals surface area (Å²) in [4.78, 5) is 4.57. The van der Waals surface area contributed by atoms with Crippen LogP contribution in [0.4, 0.5) is 0 Å². The van der Waals surface area contributed by atoms with Gasteiger partial charge in [0.2, 0.25) is 0 Å². The van der Waals surface area contributed by atoms with Gasteiger partial charge in [0.25, 0.3) is 0 Å². The zero-order valence-corrected chi connectivity index (χ0v) is 10.5. The molecule has 1 aromatic rings. The van der Waals surface area contributed by atoms with Crippen LogP contribution in [0.15, 0.2) is 12.3 Å². The van der Waals surface area contributed by atoms with E-state index in [9.17, 15) is 0 Å². The summed E-state index contributed by atoms with van der Waals surface area (Å²) in [5.41, 5.74) is 15.6. The van der Waals surface area contributed by atoms with E-state index in [2.05, 4.69) is 11.1 Å². The molecule has 0 saturated carbocycles. The number of nitrogens with zero attached hydrogens (tertiary/aromatic N) is 1. The Morgan fingerprint density at radius 1 is 1.29 bits per heavy atom. The summed E-state index contributed by atoms with van der Waals surface area (Å²) in [6.45, 7) is 0.732. The minimum absolute atomic E-state index is 0.224. The molecule has 1 unspecified atom stereocenters. The van der Waals surface area contributed by atoms with Crippen molar-refractivity contribution in [3.63, 3.8) is 0 Å². The molecule has 1 aromatic heterocycles. The van der Waals surface area contributed by atoms with Gasteiger partial charge in [0.1, 0.15) is 0 Å². The van der Waals surface area contributed by atoms with Crippen molar-refractivity contribution >= 4 is 0 Å². The minimum Gasteiger partial charge on any atom is -0.330 e. The smallest absolute Gasteiger partial charge is 0.0435 e. The third kappa shape index (κ3) is 3.51. The Labute approximate surface area is 104 Å². The highest BCUT2D eigenvalue weighted by Gasteiger charge is 2.12. The van der Waals surface area contributed by atoms with Crippen molar-refractivity contribution in [1.29, 1.82) is 0 Å². The van der Waals surface area contributed by atoms with Crippen molar-refractivity contribution in [3.8, 4) is 0 Å². The number of nitrogens with two attached hydrogens (primary N) is 2. The molecule has 1 heterocycles. The molecule has 0 aromatic carbocycles. The molecule has 0 aliphatic heterocycles. The van der Waals surface area contributed by atoms with Crippen LogP contribution in [-0.2, 0) is 19.3 Å². The number of aryl methyl sites for hydroxylation is 2. The molecule has 0 saturated heterocycles.